The topological polar surface area (TPSA) is 58.6 Å². The van der Waals surface area contributed by atoms with Crippen LogP contribution >= 0.6 is 0 Å². The molecule has 11 heavy (non-hydrogen) atoms. The number of aliphatic carboxylic acids is 1. The highest BCUT2D eigenvalue weighted by atomic mass is 16.5. The summed E-state index contributed by atoms with van der Waals surface area (Å²) in [6.07, 6.45) is 1.59. The van der Waals surface area contributed by atoms with E-state index in [9.17, 15) is 4.79 Å². The summed E-state index contributed by atoms with van der Waals surface area (Å²) in [6, 6.07) is -0.423. The molecule has 4 heteroatoms. The van der Waals surface area contributed by atoms with Crippen LogP contribution in [0.4, 0.5) is 0 Å². The van der Waals surface area contributed by atoms with Gasteiger partial charge in [-0.15, -0.1) is 0 Å². The lowest BCUT2D eigenvalue weighted by Gasteiger charge is -2.26. The van der Waals surface area contributed by atoms with Crippen molar-refractivity contribution in [3.8, 4) is 0 Å². The first-order valence-electron chi connectivity index (χ1n) is 3.73. The van der Waals surface area contributed by atoms with Crippen LogP contribution in [0.3, 0.4) is 0 Å². The van der Waals surface area contributed by atoms with Crippen molar-refractivity contribution in [2.24, 2.45) is 0 Å². The molecule has 2 N–H and O–H groups in total. The van der Waals surface area contributed by atoms with Gasteiger partial charge in [-0.05, 0) is 19.4 Å². The molecule has 1 rings (SSSR count). The summed E-state index contributed by atoms with van der Waals surface area (Å²) < 4.78 is 5.07. The molecule has 1 saturated heterocycles. The monoisotopic (exact) mass is 159 g/mol. The highest BCUT2D eigenvalue weighted by Crippen LogP contribution is 2.11. The van der Waals surface area contributed by atoms with Gasteiger partial charge in [0.2, 0.25) is 0 Å². The summed E-state index contributed by atoms with van der Waals surface area (Å²) in [5.74, 6) is -0.785. The molecule has 0 amide bonds. The van der Waals surface area contributed by atoms with E-state index in [0.717, 1.165) is 13.0 Å². The number of carbonyl (C=O) groups is 1. The van der Waals surface area contributed by atoms with Gasteiger partial charge in [0.1, 0.15) is 6.04 Å². The third-order valence-electron chi connectivity index (χ3n) is 1.99. The second-order valence-corrected chi connectivity index (χ2v) is 2.73. The molecule has 0 aromatic heterocycles. The molecule has 0 aromatic rings. The molecule has 1 aliphatic heterocycles. The number of nitrogens with one attached hydrogen (secondary N) is 1. The van der Waals surface area contributed by atoms with Gasteiger partial charge in [0.05, 0.1) is 6.10 Å². The molecule has 0 aromatic carbocycles. The molecule has 1 heterocycles. The van der Waals surface area contributed by atoms with Crippen LogP contribution in [0.15, 0.2) is 0 Å². The first-order valence-corrected chi connectivity index (χ1v) is 3.73. The molecular formula is C7H13NO3. The van der Waals surface area contributed by atoms with Gasteiger partial charge in [0.15, 0.2) is 0 Å². The van der Waals surface area contributed by atoms with Crippen molar-refractivity contribution in [1.29, 1.82) is 0 Å². The Bertz CT molecular complexity index is 149. The lowest BCUT2D eigenvalue weighted by Crippen LogP contribution is -2.45. The van der Waals surface area contributed by atoms with E-state index in [4.69, 9.17) is 9.84 Å². The maximum Gasteiger partial charge on any atom is 0.320 e. The van der Waals surface area contributed by atoms with Crippen LogP contribution < -0.4 is 5.32 Å². The summed E-state index contributed by atoms with van der Waals surface area (Å²) in [5, 5.41) is 11.5. The van der Waals surface area contributed by atoms with E-state index in [1.54, 1.807) is 7.11 Å². The Morgan fingerprint density at radius 1 is 1.73 bits per heavy atom. The summed E-state index contributed by atoms with van der Waals surface area (Å²) >= 11 is 0. The smallest absolute Gasteiger partial charge is 0.320 e. The predicted octanol–water partition coefficient (Wildman–Crippen LogP) is -0.162. The Hall–Kier alpha value is -0.610. The first kappa shape index (κ1) is 8.49. The molecular weight excluding hydrogens is 146 g/mol. The number of ether oxygens (including phenoxy) is 1. The standard InChI is InChI=1S/C7H13NO3/c1-11-5-2-3-8-6(4-5)7(9)10/h5-6,8H,2-4H2,1H3,(H,9,10)/t5?,6-/m0/s1. The average Bonchev–Trinajstić information content (AvgIpc) is 2.05. The maximum atomic E-state index is 10.5. The summed E-state index contributed by atoms with van der Waals surface area (Å²) in [6.45, 7) is 0.732. The van der Waals surface area contributed by atoms with Crippen molar-refractivity contribution >= 4 is 5.97 Å². The van der Waals surface area contributed by atoms with Crippen LogP contribution in [-0.2, 0) is 9.53 Å². The van der Waals surface area contributed by atoms with E-state index < -0.39 is 12.0 Å². The fourth-order valence-electron chi connectivity index (χ4n) is 1.28. The minimum Gasteiger partial charge on any atom is -0.480 e. The Kier molecular flexibility index (Phi) is 2.84. The van der Waals surface area contributed by atoms with Crippen LogP contribution in [0.5, 0.6) is 0 Å². The van der Waals surface area contributed by atoms with Crippen molar-refractivity contribution in [2.45, 2.75) is 25.0 Å². The number of carboxylic acid groups (broad SMARTS) is 1. The number of hydrogen-bond acceptors (Lipinski definition) is 3. The zero-order valence-electron chi connectivity index (χ0n) is 6.54. The molecule has 64 valence electrons. The minimum absolute atomic E-state index is 0.109. The number of methoxy groups -OCH3 is 1. The number of rotatable bonds is 2. The lowest BCUT2D eigenvalue weighted by molar-refractivity contribution is -0.141. The molecule has 4 nitrogen and oxygen atoms in total. The maximum absolute atomic E-state index is 10.5. The van der Waals surface area contributed by atoms with E-state index in [1.165, 1.54) is 0 Å². The third-order valence-corrected chi connectivity index (χ3v) is 1.99. The van der Waals surface area contributed by atoms with Crippen molar-refractivity contribution in [3.63, 3.8) is 0 Å². The van der Waals surface area contributed by atoms with Crippen molar-refractivity contribution in [2.75, 3.05) is 13.7 Å². The molecule has 1 fully saturated rings. The minimum atomic E-state index is -0.785. The predicted molar refractivity (Wildman–Crippen MR) is 39.5 cm³/mol. The number of hydrogen-bond donors (Lipinski definition) is 2. The van der Waals surface area contributed by atoms with Gasteiger partial charge >= 0.3 is 5.97 Å². The van der Waals surface area contributed by atoms with E-state index in [-0.39, 0.29) is 6.10 Å². The fourth-order valence-corrected chi connectivity index (χ4v) is 1.28. The van der Waals surface area contributed by atoms with Crippen LogP contribution in [0, 0.1) is 0 Å². The zero-order chi connectivity index (χ0) is 8.27. The number of piperidine rings is 1. The normalized spacial score (nSPS) is 31.7. The van der Waals surface area contributed by atoms with Crippen LogP contribution in [0.2, 0.25) is 0 Å². The van der Waals surface area contributed by atoms with Crippen molar-refractivity contribution < 1.29 is 14.6 Å². The van der Waals surface area contributed by atoms with Crippen LogP contribution in [-0.4, -0.2) is 36.9 Å². The van der Waals surface area contributed by atoms with E-state index in [2.05, 4.69) is 5.32 Å². The molecule has 0 saturated carbocycles. The molecule has 0 aliphatic carbocycles. The Morgan fingerprint density at radius 3 is 3.00 bits per heavy atom. The highest BCUT2D eigenvalue weighted by Gasteiger charge is 2.25. The van der Waals surface area contributed by atoms with Gasteiger partial charge in [-0.3, -0.25) is 4.79 Å². The van der Waals surface area contributed by atoms with Gasteiger partial charge < -0.3 is 15.2 Å². The molecule has 0 bridgehead atoms. The van der Waals surface area contributed by atoms with Gasteiger partial charge in [-0.1, -0.05) is 0 Å². The molecule has 0 radical (unpaired) electrons. The van der Waals surface area contributed by atoms with Gasteiger partial charge in [-0.2, -0.15) is 0 Å². The quantitative estimate of drug-likeness (QED) is 0.587. The lowest BCUT2D eigenvalue weighted by atomic mass is 10.0. The summed E-state index contributed by atoms with van der Waals surface area (Å²) in [4.78, 5) is 10.5. The highest BCUT2D eigenvalue weighted by molar-refractivity contribution is 5.73. The molecule has 1 aliphatic rings. The Balaban J connectivity index is 2.39. The Morgan fingerprint density at radius 2 is 2.45 bits per heavy atom. The van der Waals surface area contributed by atoms with E-state index in [0.29, 0.717) is 6.42 Å². The fraction of sp³-hybridized carbons (Fsp3) is 0.857. The summed E-state index contributed by atoms with van der Waals surface area (Å²) in [7, 11) is 1.62. The zero-order valence-corrected chi connectivity index (χ0v) is 6.54. The number of carboxylic acids is 1. The van der Waals surface area contributed by atoms with E-state index >= 15 is 0 Å². The van der Waals surface area contributed by atoms with E-state index in [1.807, 2.05) is 0 Å². The van der Waals surface area contributed by atoms with Crippen molar-refractivity contribution in [1.82, 2.24) is 5.32 Å². The van der Waals surface area contributed by atoms with Gasteiger partial charge in [-0.25, -0.2) is 0 Å². The van der Waals surface area contributed by atoms with Gasteiger partial charge in [0.25, 0.3) is 0 Å². The molecule has 1 unspecified atom stereocenters. The van der Waals surface area contributed by atoms with Gasteiger partial charge in [0, 0.05) is 7.11 Å². The van der Waals surface area contributed by atoms with Crippen LogP contribution in [0.1, 0.15) is 12.8 Å². The second kappa shape index (κ2) is 3.69. The SMILES string of the molecule is COC1CCN[C@H](C(=O)O)C1. The first-order chi connectivity index (χ1) is 5.24. The van der Waals surface area contributed by atoms with Crippen molar-refractivity contribution in [3.05, 3.63) is 0 Å². The molecule has 2 atom stereocenters. The average molecular weight is 159 g/mol. The van der Waals surface area contributed by atoms with Crippen LogP contribution in [0.25, 0.3) is 0 Å². The summed E-state index contributed by atoms with van der Waals surface area (Å²) in [5.41, 5.74) is 0. The third kappa shape index (κ3) is 2.17. The second-order valence-electron chi connectivity index (χ2n) is 2.73. The Labute approximate surface area is 65.5 Å². The largest absolute Gasteiger partial charge is 0.480 e. The molecule has 0 spiro atoms.